The molecule has 7 heteroatoms. The van der Waals surface area contributed by atoms with Crippen molar-refractivity contribution in [3.63, 3.8) is 0 Å². The van der Waals surface area contributed by atoms with Crippen molar-refractivity contribution >= 4 is 39.7 Å². The summed E-state index contributed by atoms with van der Waals surface area (Å²) >= 11 is 7.01. The molecule has 0 spiro atoms. The molecule has 5 nitrogen and oxygen atoms in total. The Hall–Kier alpha value is -1.92. The number of thiazole rings is 1. The molecule has 0 radical (unpaired) electrons. The highest BCUT2D eigenvalue weighted by Gasteiger charge is 2.10. The molecule has 0 saturated carbocycles. The fraction of sp³-hybridized carbons (Fsp3) is 0.0833. The molecule has 1 heterocycles. The summed E-state index contributed by atoms with van der Waals surface area (Å²) in [7, 11) is 0. The highest BCUT2D eigenvalue weighted by atomic mass is 35.5. The zero-order chi connectivity index (χ0) is 13.8. The topological polar surface area (TPSA) is 74.6 Å². The minimum Gasteiger partial charge on any atom is -0.411 e. The van der Waals surface area contributed by atoms with E-state index < -0.39 is 0 Å². The van der Waals surface area contributed by atoms with Crippen LogP contribution in [0.3, 0.4) is 0 Å². The summed E-state index contributed by atoms with van der Waals surface area (Å²) in [5, 5.41) is 17.1. The van der Waals surface area contributed by atoms with Gasteiger partial charge in [0, 0.05) is 16.0 Å². The first-order chi connectivity index (χ1) is 9.10. The maximum atomic E-state index is 11.9. The number of nitrogens with one attached hydrogen (secondary N) is 1. The van der Waals surface area contributed by atoms with Crippen molar-refractivity contribution in [1.29, 1.82) is 0 Å². The van der Waals surface area contributed by atoms with Gasteiger partial charge in [-0.1, -0.05) is 16.8 Å². The SMILES string of the molecule is CC(=NO)c1csc(NC(=O)c2ccc(Cl)cc2)n1. The Balaban J connectivity index is 2.11. The highest BCUT2D eigenvalue weighted by Crippen LogP contribution is 2.17. The number of hydrogen-bond donors (Lipinski definition) is 2. The van der Waals surface area contributed by atoms with Crippen molar-refractivity contribution in [2.24, 2.45) is 5.16 Å². The van der Waals surface area contributed by atoms with E-state index in [9.17, 15) is 4.79 Å². The third-order valence-corrected chi connectivity index (χ3v) is 3.36. The van der Waals surface area contributed by atoms with Crippen LogP contribution in [-0.2, 0) is 0 Å². The van der Waals surface area contributed by atoms with E-state index in [4.69, 9.17) is 16.8 Å². The molecular formula is C12H10ClN3O2S. The predicted octanol–water partition coefficient (Wildman–Crippen LogP) is 3.25. The molecule has 0 saturated heterocycles. The van der Waals surface area contributed by atoms with E-state index in [0.717, 1.165) is 0 Å². The van der Waals surface area contributed by atoms with Crippen molar-refractivity contribution in [1.82, 2.24) is 4.98 Å². The second kappa shape index (κ2) is 5.81. The minimum absolute atomic E-state index is 0.267. The van der Waals surface area contributed by atoms with E-state index in [2.05, 4.69) is 15.5 Å². The van der Waals surface area contributed by atoms with Gasteiger partial charge in [0.25, 0.3) is 5.91 Å². The lowest BCUT2D eigenvalue weighted by atomic mass is 10.2. The zero-order valence-electron chi connectivity index (χ0n) is 9.92. The van der Waals surface area contributed by atoms with Gasteiger partial charge in [0.05, 0.1) is 0 Å². The highest BCUT2D eigenvalue weighted by molar-refractivity contribution is 7.14. The summed E-state index contributed by atoms with van der Waals surface area (Å²) in [5.74, 6) is -0.267. The molecule has 1 aromatic heterocycles. The first kappa shape index (κ1) is 13.5. The molecule has 0 aliphatic rings. The first-order valence-corrected chi connectivity index (χ1v) is 6.57. The molecule has 2 rings (SSSR count). The van der Waals surface area contributed by atoms with Crippen LogP contribution in [0.4, 0.5) is 5.13 Å². The number of amides is 1. The lowest BCUT2D eigenvalue weighted by Gasteiger charge is -2.01. The number of rotatable bonds is 3. The summed E-state index contributed by atoms with van der Waals surface area (Å²) in [6.07, 6.45) is 0. The Morgan fingerprint density at radius 2 is 2.11 bits per heavy atom. The Morgan fingerprint density at radius 3 is 2.74 bits per heavy atom. The number of oxime groups is 1. The predicted molar refractivity (Wildman–Crippen MR) is 75.5 cm³/mol. The van der Waals surface area contributed by atoms with E-state index in [1.54, 1.807) is 36.6 Å². The summed E-state index contributed by atoms with van der Waals surface area (Å²) in [5.41, 5.74) is 1.41. The fourth-order valence-electron chi connectivity index (χ4n) is 1.32. The van der Waals surface area contributed by atoms with E-state index in [-0.39, 0.29) is 5.91 Å². The largest absolute Gasteiger partial charge is 0.411 e. The Bertz CT molecular complexity index is 622. The van der Waals surface area contributed by atoms with Gasteiger partial charge in [-0.15, -0.1) is 11.3 Å². The van der Waals surface area contributed by atoms with Gasteiger partial charge in [-0.25, -0.2) is 4.98 Å². The zero-order valence-corrected chi connectivity index (χ0v) is 11.5. The van der Waals surface area contributed by atoms with Crippen LogP contribution in [0.15, 0.2) is 34.8 Å². The van der Waals surface area contributed by atoms with E-state index in [1.807, 2.05) is 0 Å². The molecule has 0 aliphatic heterocycles. The van der Waals surface area contributed by atoms with Crippen LogP contribution in [0.2, 0.25) is 5.02 Å². The van der Waals surface area contributed by atoms with E-state index in [0.29, 0.717) is 27.1 Å². The smallest absolute Gasteiger partial charge is 0.257 e. The van der Waals surface area contributed by atoms with Crippen LogP contribution in [0.25, 0.3) is 0 Å². The maximum absolute atomic E-state index is 11.9. The molecule has 0 unspecified atom stereocenters. The van der Waals surface area contributed by atoms with Crippen LogP contribution in [0.1, 0.15) is 23.0 Å². The molecule has 1 aromatic carbocycles. The van der Waals surface area contributed by atoms with Crippen molar-refractivity contribution in [3.8, 4) is 0 Å². The average molecular weight is 296 g/mol. The third-order valence-electron chi connectivity index (χ3n) is 2.35. The number of carbonyl (C=O) groups is 1. The van der Waals surface area contributed by atoms with Crippen LogP contribution in [0.5, 0.6) is 0 Å². The quantitative estimate of drug-likeness (QED) is 0.518. The van der Waals surface area contributed by atoms with Gasteiger partial charge >= 0.3 is 0 Å². The fourth-order valence-corrected chi connectivity index (χ4v) is 2.19. The van der Waals surface area contributed by atoms with Crippen LogP contribution in [-0.4, -0.2) is 21.8 Å². The molecule has 1 amide bonds. The third kappa shape index (κ3) is 3.30. The summed E-state index contributed by atoms with van der Waals surface area (Å²) in [6, 6.07) is 6.55. The van der Waals surface area contributed by atoms with E-state index in [1.165, 1.54) is 11.3 Å². The lowest BCUT2D eigenvalue weighted by Crippen LogP contribution is -2.11. The molecule has 2 aromatic rings. The molecule has 19 heavy (non-hydrogen) atoms. The monoisotopic (exact) mass is 295 g/mol. The van der Waals surface area contributed by atoms with Gasteiger partial charge in [-0.2, -0.15) is 0 Å². The van der Waals surface area contributed by atoms with Crippen molar-refractivity contribution < 1.29 is 10.0 Å². The van der Waals surface area contributed by atoms with Crippen molar-refractivity contribution in [2.75, 3.05) is 5.32 Å². The van der Waals surface area contributed by atoms with Crippen molar-refractivity contribution in [2.45, 2.75) is 6.92 Å². The number of hydrogen-bond acceptors (Lipinski definition) is 5. The van der Waals surface area contributed by atoms with Gasteiger partial charge in [0.1, 0.15) is 11.4 Å². The van der Waals surface area contributed by atoms with Gasteiger partial charge < -0.3 is 5.21 Å². The van der Waals surface area contributed by atoms with Gasteiger partial charge in [0.15, 0.2) is 5.13 Å². The standard InChI is InChI=1S/C12H10ClN3O2S/c1-7(16-18)10-6-19-12(14-10)15-11(17)8-2-4-9(13)5-3-8/h2-6,18H,1H3,(H,14,15,17). The number of nitrogens with zero attached hydrogens (tertiary/aromatic N) is 2. The molecule has 0 aliphatic carbocycles. The van der Waals surface area contributed by atoms with Gasteiger partial charge in [-0.3, -0.25) is 10.1 Å². The molecule has 0 bridgehead atoms. The average Bonchev–Trinajstić information content (AvgIpc) is 2.87. The number of halogens is 1. The Labute approximate surface area is 118 Å². The molecule has 0 fully saturated rings. The molecule has 2 N–H and O–H groups in total. The Morgan fingerprint density at radius 1 is 1.42 bits per heavy atom. The van der Waals surface area contributed by atoms with Gasteiger partial charge in [-0.05, 0) is 31.2 Å². The normalized spacial score (nSPS) is 11.4. The molecule has 0 atom stereocenters. The summed E-state index contributed by atoms with van der Waals surface area (Å²) in [4.78, 5) is 16.0. The number of aromatic nitrogens is 1. The first-order valence-electron chi connectivity index (χ1n) is 5.31. The van der Waals surface area contributed by atoms with E-state index >= 15 is 0 Å². The molecular weight excluding hydrogens is 286 g/mol. The number of benzene rings is 1. The van der Waals surface area contributed by atoms with Crippen LogP contribution < -0.4 is 5.32 Å². The number of anilines is 1. The van der Waals surface area contributed by atoms with Gasteiger partial charge in [0.2, 0.25) is 0 Å². The lowest BCUT2D eigenvalue weighted by molar-refractivity contribution is 0.102. The minimum atomic E-state index is -0.267. The Kier molecular flexibility index (Phi) is 4.13. The number of carbonyl (C=O) groups excluding carboxylic acids is 1. The second-order valence-electron chi connectivity index (χ2n) is 3.68. The second-order valence-corrected chi connectivity index (χ2v) is 4.98. The summed E-state index contributed by atoms with van der Waals surface area (Å²) < 4.78 is 0. The van der Waals surface area contributed by atoms with Crippen LogP contribution in [0, 0.1) is 0 Å². The van der Waals surface area contributed by atoms with Crippen LogP contribution >= 0.6 is 22.9 Å². The summed E-state index contributed by atoms with van der Waals surface area (Å²) in [6.45, 7) is 1.62. The maximum Gasteiger partial charge on any atom is 0.257 e. The van der Waals surface area contributed by atoms with Crippen molar-refractivity contribution in [3.05, 3.63) is 45.9 Å². The molecule has 98 valence electrons.